The molecule has 5 nitrogen and oxygen atoms in total. The fourth-order valence-electron chi connectivity index (χ4n) is 2.69. The lowest BCUT2D eigenvalue weighted by Gasteiger charge is -2.21. The van der Waals surface area contributed by atoms with Crippen molar-refractivity contribution >= 4 is 23.4 Å². The molecular formula is C20H22ClN5. The fourth-order valence-corrected chi connectivity index (χ4v) is 2.90. The van der Waals surface area contributed by atoms with Crippen LogP contribution in [0, 0.1) is 0 Å². The molecule has 26 heavy (non-hydrogen) atoms. The van der Waals surface area contributed by atoms with Gasteiger partial charge in [-0.2, -0.15) is 10.1 Å². The van der Waals surface area contributed by atoms with E-state index in [1.807, 2.05) is 36.4 Å². The molecule has 6 heteroatoms. The third-order valence-corrected chi connectivity index (χ3v) is 4.29. The molecule has 0 unspecified atom stereocenters. The standard InChI is InChI=1S/C20H22ClN5/c1-2-26(15-17-7-4-3-5-8-17)19-14-23-25-20(24-19)22-12-11-16-9-6-10-18(21)13-16/h3-10,13-14H,2,11-12,15H2,1H3,(H,22,24,25). The van der Waals surface area contributed by atoms with Crippen LogP contribution in [-0.4, -0.2) is 28.3 Å². The van der Waals surface area contributed by atoms with Gasteiger partial charge in [-0.25, -0.2) is 0 Å². The number of benzene rings is 2. The van der Waals surface area contributed by atoms with Crippen LogP contribution in [0.25, 0.3) is 0 Å². The zero-order valence-corrected chi connectivity index (χ0v) is 15.5. The minimum Gasteiger partial charge on any atom is -0.353 e. The van der Waals surface area contributed by atoms with E-state index in [2.05, 4.69) is 50.5 Å². The Hall–Kier alpha value is -2.66. The van der Waals surface area contributed by atoms with Crippen molar-refractivity contribution < 1.29 is 0 Å². The number of rotatable bonds is 8. The highest BCUT2D eigenvalue weighted by molar-refractivity contribution is 6.30. The lowest BCUT2D eigenvalue weighted by Crippen LogP contribution is -2.24. The molecular weight excluding hydrogens is 346 g/mol. The Balaban J connectivity index is 1.61. The number of hydrogen-bond acceptors (Lipinski definition) is 5. The number of nitrogens with one attached hydrogen (secondary N) is 1. The highest BCUT2D eigenvalue weighted by atomic mass is 35.5. The van der Waals surface area contributed by atoms with Gasteiger partial charge in [-0.3, -0.25) is 0 Å². The Labute approximate surface area is 159 Å². The smallest absolute Gasteiger partial charge is 0.244 e. The summed E-state index contributed by atoms with van der Waals surface area (Å²) in [5.74, 6) is 1.35. The lowest BCUT2D eigenvalue weighted by atomic mass is 10.1. The summed E-state index contributed by atoms with van der Waals surface area (Å²) < 4.78 is 0. The number of hydrogen-bond donors (Lipinski definition) is 1. The van der Waals surface area contributed by atoms with Gasteiger partial charge in [-0.15, -0.1) is 5.10 Å². The third kappa shape index (κ3) is 5.17. The first kappa shape index (κ1) is 18.1. The molecule has 0 fully saturated rings. The van der Waals surface area contributed by atoms with E-state index in [9.17, 15) is 0 Å². The van der Waals surface area contributed by atoms with Crippen molar-refractivity contribution in [2.75, 3.05) is 23.3 Å². The average molecular weight is 368 g/mol. The second-order valence-electron chi connectivity index (χ2n) is 5.94. The summed E-state index contributed by atoms with van der Waals surface area (Å²) in [7, 11) is 0. The predicted molar refractivity (Wildman–Crippen MR) is 107 cm³/mol. The molecule has 0 aliphatic rings. The summed E-state index contributed by atoms with van der Waals surface area (Å²) in [5, 5.41) is 12.2. The average Bonchev–Trinajstić information content (AvgIpc) is 2.67. The zero-order chi connectivity index (χ0) is 18.2. The fraction of sp³-hybridized carbons (Fsp3) is 0.250. The molecule has 1 aromatic heterocycles. The van der Waals surface area contributed by atoms with Gasteiger partial charge in [0, 0.05) is 24.7 Å². The molecule has 0 aliphatic carbocycles. The van der Waals surface area contributed by atoms with Gasteiger partial charge in [-0.1, -0.05) is 54.1 Å². The van der Waals surface area contributed by atoms with Crippen molar-refractivity contribution in [3.8, 4) is 0 Å². The van der Waals surface area contributed by atoms with Crippen LogP contribution in [0.1, 0.15) is 18.1 Å². The second kappa shape index (κ2) is 9.15. The monoisotopic (exact) mass is 367 g/mol. The number of aromatic nitrogens is 3. The molecule has 0 saturated heterocycles. The molecule has 2 aromatic carbocycles. The molecule has 0 amide bonds. The van der Waals surface area contributed by atoms with E-state index in [0.717, 1.165) is 36.9 Å². The number of nitrogens with zero attached hydrogens (tertiary/aromatic N) is 4. The van der Waals surface area contributed by atoms with Crippen LogP contribution in [0.4, 0.5) is 11.8 Å². The van der Waals surface area contributed by atoms with Crippen LogP contribution in [0.3, 0.4) is 0 Å². The quantitative estimate of drug-likeness (QED) is 0.646. The van der Waals surface area contributed by atoms with Crippen LogP contribution in [0.15, 0.2) is 60.8 Å². The summed E-state index contributed by atoms with van der Waals surface area (Å²) in [5.41, 5.74) is 2.41. The van der Waals surface area contributed by atoms with Crippen LogP contribution in [0.5, 0.6) is 0 Å². The SMILES string of the molecule is CCN(Cc1ccccc1)c1cnnc(NCCc2cccc(Cl)c2)n1. The van der Waals surface area contributed by atoms with Crippen molar-refractivity contribution in [1.82, 2.24) is 15.2 Å². The predicted octanol–water partition coefficient (Wildman–Crippen LogP) is 4.21. The maximum Gasteiger partial charge on any atom is 0.244 e. The van der Waals surface area contributed by atoms with Gasteiger partial charge in [0.05, 0.1) is 6.20 Å². The Kier molecular flexibility index (Phi) is 6.39. The summed E-state index contributed by atoms with van der Waals surface area (Å²) >= 11 is 6.02. The summed E-state index contributed by atoms with van der Waals surface area (Å²) in [6.07, 6.45) is 2.55. The van der Waals surface area contributed by atoms with Crippen LogP contribution >= 0.6 is 11.6 Å². The van der Waals surface area contributed by atoms with Gasteiger partial charge < -0.3 is 10.2 Å². The molecule has 0 bridgehead atoms. The molecule has 0 radical (unpaired) electrons. The first-order valence-electron chi connectivity index (χ1n) is 8.71. The van der Waals surface area contributed by atoms with E-state index in [1.54, 1.807) is 6.20 Å². The van der Waals surface area contributed by atoms with E-state index < -0.39 is 0 Å². The topological polar surface area (TPSA) is 53.9 Å². The van der Waals surface area contributed by atoms with Crippen LogP contribution in [-0.2, 0) is 13.0 Å². The molecule has 1 heterocycles. The van der Waals surface area contributed by atoms with Crippen molar-refractivity contribution in [1.29, 1.82) is 0 Å². The molecule has 0 aliphatic heterocycles. The highest BCUT2D eigenvalue weighted by Gasteiger charge is 2.09. The maximum atomic E-state index is 6.02. The molecule has 3 rings (SSSR count). The largest absolute Gasteiger partial charge is 0.353 e. The van der Waals surface area contributed by atoms with E-state index in [-0.39, 0.29) is 0 Å². The Morgan fingerprint density at radius 1 is 1.04 bits per heavy atom. The highest BCUT2D eigenvalue weighted by Crippen LogP contribution is 2.15. The second-order valence-corrected chi connectivity index (χ2v) is 6.38. The van der Waals surface area contributed by atoms with E-state index in [1.165, 1.54) is 11.1 Å². The molecule has 3 aromatic rings. The summed E-state index contributed by atoms with van der Waals surface area (Å²) in [6.45, 7) is 4.46. The first-order valence-corrected chi connectivity index (χ1v) is 9.09. The van der Waals surface area contributed by atoms with Gasteiger partial charge in [-0.05, 0) is 36.6 Å². The van der Waals surface area contributed by atoms with Gasteiger partial charge in [0.15, 0.2) is 5.82 Å². The van der Waals surface area contributed by atoms with Crippen molar-refractivity contribution in [2.24, 2.45) is 0 Å². The summed E-state index contributed by atoms with van der Waals surface area (Å²) in [4.78, 5) is 6.78. The number of anilines is 2. The minimum absolute atomic E-state index is 0.538. The molecule has 0 spiro atoms. The van der Waals surface area contributed by atoms with Gasteiger partial charge >= 0.3 is 0 Å². The summed E-state index contributed by atoms with van der Waals surface area (Å²) in [6, 6.07) is 18.2. The van der Waals surface area contributed by atoms with E-state index in [0.29, 0.717) is 5.95 Å². The van der Waals surface area contributed by atoms with E-state index in [4.69, 9.17) is 11.6 Å². The number of halogens is 1. The Bertz CT molecular complexity index is 825. The first-order chi connectivity index (χ1) is 12.7. The lowest BCUT2D eigenvalue weighted by molar-refractivity contribution is 0.795. The Morgan fingerprint density at radius 2 is 1.85 bits per heavy atom. The van der Waals surface area contributed by atoms with E-state index >= 15 is 0 Å². The maximum absolute atomic E-state index is 6.02. The van der Waals surface area contributed by atoms with Crippen LogP contribution < -0.4 is 10.2 Å². The van der Waals surface area contributed by atoms with Crippen LogP contribution in [0.2, 0.25) is 5.02 Å². The molecule has 1 N–H and O–H groups in total. The van der Waals surface area contributed by atoms with Crippen molar-refractivity contribution in [3.05, 3.63) is 76.9 Å². The minimum atomic E-state index is 0.538. The van der Waals surface area contributed by atoms with Gasteiger partial charge in [0.2, 0.25) is 5.95 Å². The van der Waals surface area contributed by atoms with Gasteiger partial charge in [0.1, 0.15) is 0 Å². The third-order valence-electron chi connectivity index (χ3n) is 4.05. The zero-order valence-electron chi connectivity index (χ0n) is 14.8. The Morgan fingerprint density at radius 3 is 2.62 bits per heavy atom. The van der Waals surface area contributed by atoms with Crippen molar-refractivity contribution in [3.63, 3.8) is 0 Å². The molecule has 0 atom stereocenters. The normalized spacial score (nSPS) is 10.5. The van der Waals surface area contributed by atoms with Crippen molar-refractivity contribution in [2.45, 2.75) is 19.9 Å². The molecule has 0 saturated carbocycles. The van der Waals surface area contributed by atoms with Gasteiger partial charge in [0.25, 0.3) is 0 Å². The molecule has 134 valence electrons.